The topological polar surface area (TPSA) is 56.7 Å². The van der Waals surface area contributed by atoms with Gasteiger partial charge in [-0.15, -0.1) is 0 Å². The minimum absolute atomic E-state index is 0.732. The normalized spacial score (nSPS) is 10.6. The number of hydrogen-bond acceptors (Lipinski definition) is 3. The minimum Gasteiger partial charge on any atom is -0.399 e. The van der Waals surface area contributed by atoms with E-state index in [9.17, 15) is 0 Å². The van der Waals surface area contributed by atoms with Gasteiger partial charge < -0.3 is 10.3 Å². The van der Waals surface area contributed by atoms with E-state index < -0.39 is 0 Å². The number of nitrogens with zero attached hydrogens (tertiary/aromatic N) is 3. The first-order chi connectivity index (χ1) is 9.81. The number of nitrogens with two attached hydrogens (primary N) is 1. The van der Waals surface area contributed by atoms with Crippen molar-refractivity contribution in [2.75, 3.05) is 5.73 Å². The van der Waals surface area contributed by atoms with Crippen LogP contribution in [0, 0.1) is 0 Å². The highest BCUT2D eigenvalue weighted by molar-refractivity contribution is 5.40. The Labute approximate surface area is 117 Å². The van der Waals surface area contributed by atoms with E-state index in [0.29, 0.717) is 0 Å². The van der Waals surface area contributed by atoms with Crippen LogP contribution in [-0.2, 0) is 13.0 Å². The monoisotopic (exact) mass is 264 g/mol. The molecule has 3 aromatic rings. The van der Waals surface area contributed by atoms with Crippen LogP contribution in [0.3, 0.4) is 0 Å². The molecule has 0 aliphatic carbocycles. The summed E-state index contributed by atoms with van der Waals surface area (Å²) in [4.78, 5) is 8.76. The average molecular weight is 264 g/mol. The van der Waals surface area contributed by atoms with Gasteiger partial charge in [-0.3, -0.25) is 4.98 Å². The standard InChI is InChI=1S/C16H16N4/c17-14-5-3-4-13(10-14)12-20-9-8-19-16(20)11-15-6-1-2-7-18-15/h1-10H,11-12,17H2. The summed E-state index contributed by atoms with van der Waals surface area (Å²) in [6.45, 7) is 0.771. The lowest BCUT2D eigenvalue weighted by molar-refractivity contribution is 0.736. The molecule has 0 atom stereocenters. The number of benzene rings is 1. The summed E-state index contributed by atoms with van der Waals surface area (Å²) in [5.41, 5.74) is 8.79. The first-order valence-electron chi connectivity index (χ1n) is 6.55. The molecule has 2 heterocycles. The van der Waals surface area contributed by atoms with Gasteiger partial charge in [0.15, 0.2) is 0 Å². The van der Waals surface area contributed by atoms with E-state index >= 15 is 0 Å². The third-order valence-electron chi connectivity index (χ3n) is 3.17. The molecule has 0 saturated carbocycles. The van der Waals surface area contributed by atoms with Crippen molar-refractivity contribution in [2.45, 2.75) is 13.0 Å². The highest BCUT2D eigenvalue weighted by Gasteiger charge is 2.05. The fraction of sp³-hybridized carbons (Fsp3) is 0.125. The predicted molar refractivity (Wildman–Crippen MR) is 79.2 cm³/mol. The summed E-state index contributed by atoms with van der Waals surface area (Å²) >= 11 is 0. The maximum Gasteiger partial charge on any atom is 0.114 e. The maximum atomic E-state index is 5.81. The largest absolute Gasteiger partial charge is 0.399 e. The Morgan fingerprint density at radius 3 is 2.75 bits per heavy atom. The molecular formula is C16H16N4. The second-order valence-corrected chi connectivity index (χ2v) is 4.71. The Hall–Kier alpha value is -2.62. The Kier molecular flexibility index (Phi) is 3.46. The van der Waals surface area contributed by atoms with Crippen LogP contribution in [0.1, 0.15) is 17.1 Å². The fourth-order valence-corrected chi connectivity index (χ4v) is 2.20. The van der Waals surface area contributed by atoms with Crippen molar-refractivity contribution < 1.29 is 0 Å². The molecule has 0 unspecified atom stereocenters. The van der Waals surface area contributed by atoms with Crippen molar-refractivity contribution in [2.24, 2.45) is 0 Å². The van der Waals surface area contributed by atoms with Crippen LogP contribution >= 0.6 is 0 Å². The van der Waals surface area contributed by atoms with E-state index in [1.54, 1.807) is 6.20 Å². The van der Waals surface area contributed by atoms with Crippen LogP contribution in [0.5, 0.6) is 0 Å². The zero-order chi connectivity index (χ0) is 13.8. The fourth-order valence-electron chi connectivity index (χ4n) is 2.20. The van der Waals surface area contributed by atoms with E-state index in [-0.39, 0.29) is 0 Å². The van der Waals surface area contributed by atoms with Gasteiger partial charge in [-0.05, 0) is 29.8 Å². The smallest absolute Gasteiger partial charge is 0.114 e. The molecule has 100 valence electrons. The number of pyridine rings is 1. The molecule has 2 N–H and O–H groups in total. The summed E-state index contributed by atoms with van der Waals surface area (Å²) in [5.74, 6) is 1.01. The van der Waals surface area contributed by atoms with Gasteiger partial charge in [0.25, 0.3) is 0 Å². The van der Waals surface area contributed by atoms with Crippen molar-refractivity contribution >= 4 is 5.69 Å². The number of rotatable bonds is 4. The van der Waals surface area contributed by atoms with Gasteiger partial charge >= 0.3 is 0 Å². The lowest BCUT2D eigenvalue weighted by atomic mass is 10.2. The molecular weight excluding hydrogens is 248 g/mol. The molecule has 0 spiro atoms. The van der Waals surface area contributed by atoms with Gasteiger partial charge in [0.1, 0.15) is 5.82 Å². The average Bonchev–Trinajstić information content (AvgIpc) is 2.87. The van der Waals surface area contributed by atoms with Crippen LogP contribution < -0.4 is 5.73 Å². The SMILES string of the molecule is Nc1cccc(Cn2ccnc2Cc2ccccn2)c1. The van der Waals surface area contributed by atoms with Crippen molar-refractivity contribution in [3.63, 3.8) is 0 Å². The van der Waals surface area contributed by atoms with Crippen molar-refractivity contribution in [1.29, 1.82) is 0 Å². The highest BCUT2D eigenvalue weighted by Crippen LogP contribution is 2.11. The summed E-state index contributed by atoms with van der Waals surface area (Å²) in [7, 11) is 0. The Bertz CT molecular complexity index is 688. The quantitative estimate of drug-likeness (QED) is 0.737. The lowest BCUT2D eigenvalue weighted by Crippen LogP contribution is -2.06. The Morgan fingerprint density at radius 1 is 1.00 bits per heavy atom. The highest BCUT2D eigenvalue weighted by atomic mass is 15.1. The molecule has 0 radical (unpaired) electrons. The molecule has 0 aliphatic rings. The second kappa shape index (κ2) is 5.57. The van der Waals surface area contributed by atoms with E-state index in [1.165, 1.54) is 5.56 Å². The van der Waals surface area contributed by atoms with Gasteiger partial charge in [-0.1, -0.05) is 18.2 Å². The summed E-state index contributed by atoms with van der Waals surface area (Å²) in [5, 5.41) is 0. The van der Waals surface area contributed by atoms with Crippen molar-refractivity contribution in [1.82, 2.24) is 14.5 Å². The molecule has 2 aromatic heterocycles. The number of nitrogen functional groups attached to an aromatic ring is 1. The van der Waals surface area contributed by atoms with Crippen LogP contribution in [0.15, 0.2) is 61.1 Å². The van der Waals surface area contributed by atoms with Gasteiger partial charge in [-0.25, -0.2) is 4.98 Å². The Balaban J connectivity index is 1.80. The minimum atomic E-state index is 0.732. The third kappa shape index (κ3) is 2.85. The number of imidazole rings is 1. The molecule has 3 rings (SSSR count). The molecule has 0 fully saturated rings. The molecule has 20 heavy (non-hydrogen) atoms. The van der Waals surface area contributed by atoms with Crippen LogP contribution in [0.4, 0.5) is 5.69 Å². The van der Waals surface area contributed by atoms with E-state index in [2.05, 4.69) is 20.6 Å². The molecule has 0 saturated heterocycles. The number of hydrogen-bond donors (Lipinski definition) is 1. The van der Waals surface area contributed by atoms with Gasteiger partial charge in [0, 0.05) is 42.9 Å². The zero-order valence-corrected chi connectivity index (χ0v) is 11.1. The number of aromatic nitrogens is 3. The lowest BCUT2D eigenvalue weighted by Gasteiger charge is -2.08. The summed E-state index contributed by atoms with van der Waals surface area (Å²) < 4.78 is 2.13. The molecule has 0 bridgehead atoms. The van der Waals surface area contributed by atoms with E-state index in [4.69, 9.17) is 5.73 Å². The second-order valence-electron chi connectivity index (χ2n) is 4.71. The van der Waals surface area contributed by atoms with Gasteiger partial charge in [0.05, 0.1) is 0 Å². The molecule has 1 aromatic carbocycles. The molecule has 0 amide bonds. The molecule has 4 heteroatoms. The Morgan fingerprint density at radius 2 is 1.95 bits per heavy atom. The van der Waals surface area contributed by atoms with Gasteiger partial charge in [0.2, 0.25) is 0 Å². The summed E-state index contributed by atoms with van der Waals surface area (Å²) in [6.07, 6.45) is 6.35. The summed E-state index contributed by atoms with van der Waals surface area (Å²) in [6, 6.07) is 13.9. The third-order valence-corrected chi connectivity index (χ3v) is 3.17. The van der Waals surface area contributed by atoms with E-state index in [1.807, 2.05) is 48.8 Å². The number of anilines is 1. The first-order valence-corrected chi connectivity index (χ1v) is 6.55. The molecule has 0 aliphatic heterocycles. The predicted octanol–water partition coefficient (Wildman–Crippen LogP) is 2.50. The maximum absolute atomic E-state index is 5.81. The van der Waals surface area contributed by atoms with Crippen molar-refractivity contribution in [3.05, 3.63) is 78.1 Å². The van der Waals surface area contributed by atoms with Crippen molar-refractivity contribution in [3.8, 4) is 0 Å². The van der Waals surface area contributed by atoms with Gasteiger partial charge in [-0.2, -0.15) is 0 Å². The zero-order valence-electron chi connectivity index (χ0n) is 11.1. The molecule has 4 nitrogen and oxygen atoms in total. The van der Waals surface area contributed by atoms with Crippen LogP contribution in [0.25, 0.3) is 0 Å². The van der Waals surface area contributed by atoms with E-state index in [0.717, 1.165) is 30.2 Å². The first kappa shape index (κ1) is 12.4. The van der Waals surface area contributed by atoms with Crippen LogP contribution in [-0.4, -0.2) is 14.5 Å². The van der Waals surface area contributed by atoms with Crippen LogP contribution in [0.2, 0.25) is 0 Å².